The number of halogens is 1. The van der Waals surface area contributed by atoms with Gasteiger partial charge in [-0.15, -0.1) is 0 Å². The third-order valence-electron chi connectivity index (χ3n) is 7.66. The van der Waals surface area contributed by atoms with Crippen LogP contribution in [0.3, 0.4) is 0 Å². The monoisotopic (exact) mass is 518 g/mol. The van der Waals surface area contributed by atoms with Gasteiger partial charge in [-0.25, -0.2) is 0 Å². The van der Waals surface area contributed by atoms with E-state index in [9.17, 15) is 4.79 Å². The second-order valence-electron chi connectivity index (χ2n) is 10.7. The molecule has 0 spiro atoms. The number of carbonyl (C=O) groups excluding carboxylic acids is 1. The highest BCUT2D eigenvalue weighted by molar-refractivity contribution is 6.30. The van der Waals surface area contributed by atoms with Gasteiger partial charge in [-0.2, -0.15) is 0 Å². The van der Waals surface area contributed by atoms with E-state index in [0.717, 1.165) is 35.8 Å². The third kappa shape index (κ3) is 6.67. The zero-order valence-corrected chi connectivity index (χ0v) is 22.3. The van der Waals surface area contributed by atoms with Gasteiger partial charge in [0.1, 0.15) is 25.1 Å². The Bertz CT molecular complexity index is 1200. The maximum atomic E-state index is 13.1. The van der Waals surface area contributed by atoms with Crippen LogP contribution in [0.15, 0.2) is 77.9 Å². The Labute approximate surface area is 225 Å². The Morgan fingerprint density at radius 2 is 1.84 bits per heavy atom. The fraction of sp³-hybridized carbons (Fsp3) is 0.406. The van der Waals surface area contributed by atoms with Crippen LogP contribution in [0.2, 0.25) is 5.02 Å². The second-order valence-corrected chi connectivity index (χ2v) is 11.2. The maximum absolute atomic E-state index is 13.1. The molecule has 194 valence electrons. The van der Waals surface area contributed by atoms with Crippen molar-refractivity contribution in [3.8, 4) is 17.2 Å². The molecule has 0 N–H and O–H groups in total. The predicted molar refractivity (Wildman–Crippen MR) is 147 cm³/mol. The molecule has 3 aliphatic rings. The van der Waals surface area contributed by atoms with Gasteiger partial charge in [0.2, 0.25) is 0 Å². The SMILES string of the molecule is C=C(CC1COc2ccc(OCc3ccc(Cl)cc3)cc2O1)C(=O)C1=CC=C(CC2CCC(C)CC2)C1. The number of allylic oxidation sites excluding steroid dienone is 4. The lowest BCUT2D eigenvalue weighted by atomic mass is 9.79. The molecular weight excluding hydrogens is 484 g/mol. The summed E-state index contributed by atoms with van der Waals surface area (Å²) in [5.41, 5.74) is 3.82. The molecule has 1 unspecified atom stereocenters. The molecule has 1 heterocycles. The number of Topliss-reactive ketones (excluding diaryl/α,β-unsaturated/α-hetero) is 1. The van der Waals surface area contributed by atoms with Crippen molar-refractivity contribution >= 4 is 17.4 Å². The molecule has 0 radical (unpaired) electrons. The van der Waals surface area contributed by atoms with Crippen molar-refractivity contribution in [2.75, 3.05) is 6.61 Å². The van der Waals surface area contributed by atoms with Crippen molar-refractivity contribution in [1.82, 2.24) is 0 Å². The summed E-state index contributed by atoms with van der Waals surface area (Å²) >= 11 is 5.96. The fourth-order valence-corrected chi connectivity index (χ4v) is 5.54. The summed E-state index contributed by atoms with van der Waals surface area (Å²) in [5.74, 6) is 3.65. The van der Waals surface area contributed by atoms with Gasteiger partial charge in [0.15, 0.2) is 17.3 Å². The van der Waals surface area contributed by atoms with E-state index in [1.807, 2.05) is 48.5 Å². The van der Waals surface area contributed by atoms with Gasteiger partial charge in [0, 0.05) is 23.1 Å². The number of rotatable bonds is 9. The van der Waals surface area contributed by atoms with Crippen LogP contribution >= 0.6 is 11.6 Å². The lowest BCUT2D eigenvalue weighted by Gasteiger charge is -2.27. The van der Waals surface area contributed by atoms with Gasteiger partial charge >= 0.3 is 0 Å². The lowest BCUT2D eigenvalue weighted by Crippen LogP contribution is -2.30. The zero-order chi connectivity index (χ0) is 25.8. The average Bonchev–Trinajstić information content (AvgIpc) is 3.37. The normalized spacial score (nSPS) is 22.7. The Morgan fingerprint density at radius 3 is 2.62 bits per heavy atom. The Morgan fingerprint density at radius 1 is 1.05 bits per heavy atom. The summed E-state index contributed by atoms with van der Waals surface area (Å²) < 4.78 is 18.0. The number of benzene rings is 2. The average molecular weight is 519 g/mol. The van der Waals surface area contributed by atoms with E-state index in [2.05, 4.69) is 19.6 Å². The van der Waals surface area contributed by atoms with Crippen LogP contribution in [-0.4, -0.2) is 18.5 Å². The molecule has 0 saturated heterocycles. The molecule has 1 aliphatic heterocycles. The first kappa shape index (κ1) is 25.7. The summed E-state index contributed by atoms with van der Waals surface area (Å²) in [5, 5.41) is 0.698. The number of carbonyl (C=O) groups is 1. The van der Waals surface area contributed by atoms with Crippen molar-refractivity contribution in [1.29, 1.82) is 0 Å². The zero-order valence-electron chi connectivity index (χ0n) is 21.5. The molecule has 1 fully saturated rings. The van der Waals surface area contributed by atoms with Crippen LogP contribution in [0.5, 0.6) is 17.2 Å². The molecule has 2 aliphatic carbocycles. The van der Waals surface area contributed by atoms with Crippen molar-refractivity contribution in [2.24, 2.45) is 11.8 Å². The van der Waals surface area contributed by atoms with Crippen LogP contribution in [0.25, 0.3) is 0 Å². The van der Waals surface area contributed by atoms with Gasteiger partial charge < -0.3 is 14.2 Å². The van der Waals surface area contributed by atoms with E-state index in [1.165, 1.54) is 31.3 Å². The summed E-state index contributed by atoms with van der Waals surface area (Å²) in [7, 11) is 0. The highest BCUT2D eigenvalue weighted by atomic mass is 35.5. The number of hydrogen-bond acceptors (Lipinski definition) is 4. The standard InChI is InChI=1S/C32H35ClO4/c1-21-3-5-23(6-4-21)16-25-7-10-26(17-25)32(34)22(2)15-29-20-36-30-14-13-28(18-31(30)37-29)35-19-24-8-11-27(33)12-9-24/h7-14,18,21,23,29H,2-6,15-17,19-20H2,1H3. The number of ketones is 1. The highest BCUT2D eigenvalue weighted by Crippen LogP contribution is 2.38. The summed E-state index contributed by atoms with van der Waals surface area (Å²) in [6.07, 6.45) is 11.5. The molecule has 37 heavy (non-hydrogen) atoms. The molecule has 2 aromatic rings. The molecule has 0 bridgehead atoms. The van der Waals surface area contributed by atoms with Crippen LogP contribution in [0.1, 0.15) is 57.4 Å². The Hall–Kier alpha value is -2.98. The van der Waals surface area contributed by atoms with E-state index >= 15 is 0 Å². The number of ether oxygens (including phenoxy) is 3. The molecule has 5 heteroatoms. The highest BCUT2D eigenvalue weighted by Gasteiger charge is 2.27. The first-order valence-corrected chi connectivity index (χ1v) is 13.7. The number of fused-ring (bicyclic) bond motifs is 1. The molecule has 2 aromatic carbocycles. The van der Waals surface area contributed by atoms with Crippen molar-refractivity contribution < 1.29 is 19.0 Å². The Kier molecular flexibility index (Phi) is 8.05. The van der Waals surface area contributed by atoms with Crippen molar-refractivity contribution in [3.63, 3.8) is 0 Å². The molecule has 1 saturated carbocycles. The largest absolute Gasteiger partial charge is 0.489 e. The van der Waals surface area contributed by atoms with Crippen molar-refractivity contribution in [3.05, 3.63) is 88.5 Å². The first-order chi connectivity index (χ1) is 17.9. The van der Waals surface area contributed by atoms with Crippen LogP contribution in [0.4, 0.5) is 0 Å². The van der Waals surface area contributed by atoms with E-state index < -0.39 is 0 Å². The molecular formula is C32H35ClO4. The molecule has 0 aromatic heterocycles. The van der Waals surface area contributed by atoms with Crippen LogP contribution < -0.4 is 14.2 Å². The third-order valence-corrected chi connectivity index (χ3v) is 7.92. The van der Waals surface area contributed by atoms with Crippen molar-refractivity contribution in [2.45, 2.75) is 64.6 Å². The van der Waals surface area contributed by atoms with Gasteiger partial charge in [-0.05, 0) is 72.9 Å². The predicted octanol–water partition coefficient (Wildman–Crippen LogP) is 8.05. The molecule has 4 nitrogen and oxygen atoms in total. The van der Waals surface area contributed by atoms with Crippen LogP contribution in [0, 0.1) is 11.8 Å². The number of hydrogen-bond donors (Lipinski definition) is 0. The lowest BCUT2D eigenvalue weighted by molar-refractivity contribution is -0.112. The van der Waals surface area contributed by atoms with Crippen LogP contribution in [-0.2, 0) is 11.4 Å². The molecule has 5 rings (SSSR count). The minimum atomic E-state index is -0.269. The summed E-state index contributed by atoms with van der Waals surface area (Å²) in [6, 6.07) is 13.1. The first-order valence-electron chi connectivity index (χ1n) is 13.3. The van der Waals surface area contributed by atoms with E-state index in [1.54, 1.807) is 0 Å². The fourth-order valence-electron chi connectivity index (χ4n) is 5.41. The van der Waals surface area contributed by atoms with E-state index in [0.29, 0.717) is 47.5 Å². The quantitative estimate of drug-likeness (QED) is 0.315. The summed E-state index contributed by atoms with van der Waals surface area (Å²) in [4.78, 5) is 13.1. The van der Waals surface area contributed by atoms with E-state index in [-0.39, 0.29) is 11.9 Å². The maximum Gasteiger partial charge on any atom is 0.184 e. The van der Waals surface area contributed by atoms with Gasteiger partial charge in [0.25, 0.3) is 0 Å². The van der Waals surface area contributed by atoms with Gasteiger partial charge in [0.05, 0.1) is 0 Å². The van der Waals surface area contributed by atoms with E-state index in [4.69, 9.17) is 25.8 Å². The molecule has 1 atom stereocenters. The van der Waals surface area contributed by atoms with Gasteiger partial charge in [-0.3, -0.25) is 4.79 Å². The summed E-state index contributed by atoms with van der Waals surface area (Å²) in [6.45, 7) is 7.26. The molecule has 0 amide bonds. The van der Waals surface area contributed by atoms with Gasteiger partial charge in [-0.1, -0.05) is 67.8 Å². The topological polar surface area (TPSA) is 44.8 Å². The smallest absolute Gasteiger partial charge is 0.184 e. The Balaban J connectivity index is 1.10. The minimum Gasteiger partial charge on any atom is -0.489 e. The minimum absolute atomic E-state index is 0.0398. The second kappa shape index (κ2) is 11.6.